The van der Waals surface area contributed by atoms with Crippen LogP contribution in [0.25, 0.3) is 0 Å². The molecular weight excluding hydrogens is 324 g/mol. The first-order valence-corrected chi connectivity index (χ1v) is 10.5. The first-order valence-electron chi connectivity index (χ1n) is 10.5. The highest BCUT2D eigenvalue weighted by Gasteiger charge is 2.42. The van der Waals surface area contributed by atoms with Gasteiger partial charge in [0.15, 0.2) is 0 Å². The molecule has 1 aromatic rings. The predicted molar refractivity (Wildman–Crippen MR) is 104 cm³/mol. The zero-order valence-electron chi connectivity index (χ0n) is 16.4. The quantitative estimate of drug-likeness (QED) is 0.805. The number of nitrogens with zero attached hydrogens (tertiary/aromatic N) is 2. The maximum Gasteiger partial charge on any atom is 0.120 e. The Balaban J connectivity index is 1.41. The Hall–Kier alpha value is -1.10. The number of hydrogen-bond donors (Lipinski definition) is 0. The Morgan fingerprint density at radius 2 is 1.85 bits per heavy atom. The monoisotopic (exact) mass is 358 g/mol. The number of rotatable bonds is 5. The summed E-state index contributed by atoms with van der Waals surface area (Å²) in [5.74, 6) is 2.66. The summed E-state index contributed by atoms with van der Waals surface area (Å²) in [6.07, 6.45) is 4.44. The van der Waals surface area contributed by atoms with Crippen LogP contribution in [0, 0.1) is 11.8 Å². The summed E-state index contributed by atoms with van der Waals surface area (Å²) in [5, 5.41) is 0. The number of piperidine rings is 1. The minimum absolute atomic E-state index is 0.230. The first-order chi connectivity index (χ1) is 12.7. The van der Waals surface area contributed by atoms with Crippen molar-refractivity contribution in [3.05, 3.63) is 29.8 Å². The smallest absolute Gasteiger partial charge is 0.120 e. The van der Waals surface area contributed by atoms with Gasteiger partial charge < -0.3 is 9.47 Å². The minimum Gasteiger partial charge on any atom is -0.491 e. The minimum atomic E-state index is 0.230. The third-order valence-electron chi connectivity index (χ3n) is 6.24. The molecule has 4 heteroatoms. The van der Waals surface area contributed by atoms with Crippen LogP contribution >= 0.6 is 0 Å². The lowest BCUT2D eigenvalue weighted by Gasteiger charge is -2.52. The largest absolute Gasteiger partial charge is 0.491 e. The van der Waals surface area contributed by atoms with Gasteiger partial charge in [0.25, 0.3) is 0 Å². The number of likely N-dealkylation sites (tertiary alicyclic amines) is 1. The molecule has 0 amide bonds. The van der Waals surface area contributed by atoms with E-state index < -0.39 is 0 Å². The van der Waals surface area contributed by atoms with Gasteiger partial charge in [0.1, 0.15) is 5.75 Å². The predicted octanol–water partition coefficient (Wildman–Crippen LogP) is 3.41. The van der Waals surface area contributed by atoms with Gasteiger partial charge in [0.2, 0.25) is 0 Å². The van der Waals surface area contributed by atoms with Crippen molar-refractivity contribution in [3.63, 3.8) is 0 Å². The second-order valence-electron chi connectivity index (χ2n) is 8.60. The zero-order valence-corrected chi connectivity index (χ0v) is 16.4. The van der Waals surface area contributed by atoms with E-state index >= 15 is 0 Å². The van der Waals surface area contributed by atoms with Gasteiger partial charge in [-0.3, -0.25) is 9.80 Å². The maximum absolute atomic E-state index is 5.88. The van der Waals surface area contributed by atoms with E-state index in [4.69, 9.17) is 9.47 Å². The molecule has 2 aliphatic heterocycles. The topological polar surface area (TPSA) is 24.9 Å². The number of ether oxygens (including phenoxy) is 2. The summed E-state index contributed by atoms with van der Waals surface area (Å²) in [5.41, 5.74) is 1.38. The zero-order chi connectivity index (χ0) is 17.9. The van der Waals surface area contributed by atoms with Crippen LogP contribution in [0.4, 0.5) is 0 Å². The molecular formula is C22H34N2O2. The fraction of sp³-hybridized carbons (Fsp3) is 0.727. The highest BCUT2D eigenvalue weighted by Crippen LogP contribution is 2.38. The normalized spacial score (nSPS) is 30.5. The molecule has 144 valence electrons. The van der Waals surface area contributed by atoms with Crippen LogP contribution in [0.3, 0.4) is 0 Å². The van der Waals surface area contributed by atoms with Crippen molar-refractivity contribution in [3.8, 4) is 5.75 Å². The standard InChI is InChI=1S/C22H34N2O2/c1-17(2)26-21-8-3-5-18(13-21)14-23-15-19-6-4-7-20(16-23)22(19)24-9-11-25-12-10-24/h3,5,8,13,17,19-20,22H,4,6-7,9-12,14-16H2,1-2H3. The Morgan fingerprint density at radius 1 is 1.12 bits per heavy atom. The molecule has 26 heavy (non-hydrogen) atoms. The van der Waals surface area contributed by atoms with Crippen molar-refractivity contribution in [1.29, 1.82) is 0 Å². The molecule has 0 N–H and O–H groups in total. The van der Waals surface area contributed by atoms with Crippen LogP contribution in [0.2, 0.25) is 0 Å². The third-order valence-corrected chi connectivity index (χ3v) is 6.24. The van der Waals surface area contributed by atoms with Crippen molar-refractivity contribution in [1.82, 2.24) is 9.80 Å². The first kappa shape index (κ1) is 18.3. The molecule has 2 saturated heterocycles. The molecule has 1 saturated carbocycles. The van der Waals surface area contributed by atoms with Gasteiger partial charge in [-0.15, -0.1) is 0 Å². The van der Waals surface area contributed by atoms with Gasteiger partial charge in [0.05, 0.1) is 19.3 Å². The molecule has 2 heterocycles. The highest BCUT2D eigenvalue weighted by atomic mass is 16.5. The van der Waals surface area contributed by atoms with E-state index in [1.54, 1.807) is 0 Å². The molecule has 2 unspecified atom stereocenters. The van der Waals surface area contributed by atoms with Crippen molar-refractivity contribution < 1.29 is 9.47 Å². The van der Waals surface area contributed by atoms with Crippen LogP contribution in [-0.2, 0) is 11.3 Å². The molecule has 0 radical (unpaired) electrons. The SMILES string of the molecule is CC(C)Oc1cccc(CN2CC3CCCC(C2)C3N2CCOCC2)c1. The van der Waals surface area contributed by atoms with Crippen LogP contribution in [-0.4, -0.2) is 61.3 Å². The Labute approximate surface area is 158 Å². The molecule has 0 spiro atoms. The van der Waals surface area contributed by atoms with Gasteiger partial charge in [-0.25, -0.2) is 0 Å². The van der Waals surface area contributed by atoms with Gasteiger partial charge in [-0.2, -0.15) is 0 Å². The third kappa shape index (κ3) is 4.24. The maximum atomic E-state index is 5.88. The summed E-state index contributed by atoms with van der Waals surface area (Å²) >= 11 is 0. The van der Waals surface area contributed by atoms with E-state index in [1.807, 2.05) is 0 Å². The lowest BCUT2D eigenvalue weighted by Crippen LogP contribution is -2.59. The van der Waals surface area contributed by atoms with E-state index in [2.05, 4.69) is 47.9 Å². The molecule has 3 fully saturated rings. The van der Waals surface area contributed by atoms with E-state index in [-0.39, 0.29) is 6.10 Å². The lowest BCUT2D eigenvalue weighted by atomic mass is 9.72. The molecule has 1 aliphatic carbocycles. The Kier molecular flexibility index (Phi) is 5.82. The summed E-state index contributed by atoms with van der Waals surface area (Å²) in [4.78, 5) is 5.44. The summed E-state index contributed by atoms with van der Waals surface area (Å²) in [6.45, 7) is 11.8. The molecule has 2 bridgehead atoms. The molecule has 3 aliphatic rings. The average molecular weight is 359 g/mol. The number of benzene rings is 1. The van der Waals surface area contributed by atoms with Crippen molar-refractivity contribution in [2.24, 2.45) is 11.8 Å². The van der Waals surface area contributed by atoms with Gasteiger partial charge in [-0.1, -0.05) is 18.6 Å². The van der Waals surface area contributed by atoms with E-state index in [0.29, 0.717) is 0 Å². The Bertz CT molecular complexity index is 571. The lowest BCUT2D eigenvalue weighted by molar-refractivity contribution is -0.0623. The second kappa shape index (κ2) is 8.28. The average Bonchev–Trinajstić information content (AvgIpc) is 2.61. The summed E-state index contributed by atoms with van der Waals surface area (Å²) < 4.78 is 11.5. The second-order valence-corrected chi connectivity index (χ2v) is 8.60. The number of morpholine rings is 1. The highest BCUT2D eigenvalue weighted by molar-refractivity contribution is 5.28. The van der Waals surface area contributed by atoms with Crippen molar-refractivity contribution in [2.75, 3.05) is 39.4 Å². The van der Waals surface area contributed by atoms with E-state index in [0.717, 1.165) is 56.5 Å². The molecule has 1 aromatic carbocycles. The fourth-order valence-corrected chi connectivity index (χ4v) is 5.35. The van der Waals surface area contributed by atoms with Gasteiger partial charge >= 0.3 is 0 Å². The number of hydrogen-bond acceptors (Lipinski definition) is 4. The molecule has 2 atom stereocenters. The molecule has 0 aromatic heterocycles. The number of fused-ring (bicyclic) bond motifs is 2. The molecule has 4 nitrogen and oxygen atoms in total. The van der Waals surface area contributed by atoms with Crippen LogP contribution in [0.15, 0.2) is 24.3 Å². The van der Waals surface area contributed by atoms with Crippen LogP contribution < -0.4 is 4.74 Å². The van der Waals surface area contributed by atoms with Gasteiger partial charge in [0, 0.05) is 38.8 Å². The van der Waals surface area contributed by atoms with Crippen LogP contribution in [0.5, 0.6) is 5.75 Å². The summed E-state index contributed by atoms with van der Waals surface area (Å²) in [6, 6.07) is 9.47. The van der Waals surface area contributed by atoms with E-state index in [9.17, 15) is 0 Å². The van der Waals surface area contributed by atoms with E-state index in [1.165, 1.54) is 37.9 Å². The van der Waals surface area contributed by atoms with Gasteiger partial charge in [-0.05, 0) is 56.2 Å². The molecule has 4 rings (SSSR count). The van der Waals surface area contributed by atoms with Crippen LogP contribution in [0.1, 0.15) is 38.7 Å². The Morgan fingerprint density at radius 3 is 2.54 bits per heavy atom. The van der Waals surface area contributed by atoms with Crippen molar-refractivity contribution in [2.45, 2.75) is 51.8 Å². The fourth-order valence-electron chi connectivity index (χ4n) is 5.35. The van der Waals surface area contributed by atoms with Crippen molar-refractivity contribution >= 4 is 0 Å². The summed E-state index contributed by atoms with van der Waals surface area (Å²) in [7, 11) is 0.